The molecule has 172 valence electrons. The molecule has 0 atom stereocenters. The molecule has 9 nitrogen and oxygen atoms in total. The van der Waals surface area contributed by atoms with Crippen LogP contribution in [-0.4, -0.2) is 43.0 Å². The Morgan fingerprint density at radius 1 is 1.21 bits per heavy atom. The molecular weight excluding hydrogens is 428 g/mol. The minimum atomic E-state index is 0.282. The second kappa shape index (κ2) is 7.64. The predicted molar refractivity (Wildman–Crippen MR) is 125 cm³/mol. The van der Waals surface area contributed by atoms with E-state index >= 15 is 0 Å². The average Bonchev–Trinajstić information content (AvgIpc) is 3.43. The van der Waals surface area contributed by atoms with Gasteiger partial charge in [-0.25, -0.2) is 14.6 Å². The van der Waals surface area contributed by atoms with E-state index in [1.54, 1.807) is 24.1 Å². The van der Waals surface area contributed by atoms with Crippen molar-refractivity contribution >= 4 is 5.65 Å². The van der Waals surface area contributed by atoms with Gasteiger partial charge in [0.05, 0.1) is 31.7 Å². The Hall–Kier alpha value is -3.77. The molecule has 0 saturated heterocycles. The van der Waals surface area contributed by atoms with Crippen molar-refractivity contribution in [3.63, 3.8) is 0 Å². The second-order valence-electron chi connectivity index (χ2n) is 10.2. The fourth-order valence-electron chi connectivity index (χ4n) is 6.00. The highest BCUT2D eigenvalue weighted by atomic mass is 16.5. The number of nitriles is 1. The van der Waals surface area contributed by atoms with Crippen LogP contribution < -0.4 is 10.1 Å². The summed E-state index contributed by atoms with van der Waals surface area (Å²) in [7, 11) is 1.56. The summed E-state index contributed by atoms with van der Waals surface area (Å²) in [5.74, 6) is 0.563. The van der Waals surface area contributed by atoms with Gasteiger partial charge in [0, 0.05) is 31.0 Å². The lowest BCUT2D eigenvalue weighted by molar-refractivity contribution is -0.187. The van der Waals surface area contributed by atoms with Crippen LogP contribution in [0.4, 0.5) is 0 Å². The number of hydrogen-bond donors (Lipinski definition) is 1. The first-order valence-electron chi connectivity index (χ1n) is 11.5. The van der Waals surface area contributed by atoms with E-state index < -0.39 is 0 Å². The van der Waals surface area contributed by atoms with Crippen LogP contribution in [0, 0.1) is 22.2 Å². The largest absolute Gasteiger partial charge is 0.495 e. The van der Waals surface area contributed by atoms with Crippen LogP contribution in [0.2, 0.25) is 0 Å². The van der Waals surface area contributed by atoms with E-state index in [0.717, 1.165) is 24.4 Å². The van der Waals surface area contributed by atoms with Crippen molar-refractivity contribution in [1.82, 2.24) is 34.7 Å². The van der Waals surface area contributed by atoms with Crippen LogP contribution in [0.3, 0.4) is 0 Å². The molecule has 3 fully saturated rings. The zero-order valence-electron chi connectivity index (χ0n) is 19.3. The molecule has 7 rings (SSSR count). The SMILES string of the molecule is COc1cnc(C#N)c(-c2cn(Cc3cn4cc(CNCC56CC(C)(C5)C6)ccc4n3)nn2)c1. The van der Waals surface area contributed by atoms with Gasteiger partial charge in [-0.3, -0.25) is 0 Å². The minimum absolute atomic E-state index is 0.282. The maximum Gasteiger partial charge on any atom is 0.150 e. The lowest BCUT2D eigenvalue weighted by Crippen LogP contribution is -2.63. The molecule has 0 amide bonds. The van der Waals surface area contributed by atoms with Gasteiger partial charge in [0.2, 0.25) is 0 Å². The van der Waals surface area contributed by atoms with Gasteiger partial charge in [-0.2, -0.15) is 5.26 Å². The van der Waals surface area contributed by atoms with Crippen molar-refractivity contribution in [2.75, 3.05) is 13.7 Å². The zero-order valence-corrected chi connectivity index (χ0v) is 19.3. The minimum Gasteiger partial charge on any atom is -0.495 e. The fourth-order valence-corrected chi connectivity index (χ4v) is 6.00. The van der Waals surface area contributed by atoms with Crippen molar-refractivity contribution in [2.24, 2.45) is 10.8 Å². The summed E-state index contributed by atoms with van der Waals surface area (Å²) in [6.45, 7) is 4.85. The van der Waals surface area contributed by atoms with E-state index in [2.05, 4.69) is 56.3 Å². The van der Waals surface area contributed by atoms with Gasteiger partial charge in [0.1, 0.15) is 28.9 Å². The summed E-state index contributed by atoms with van der Waals surface area (Å²) in [6.07, 6.45) is 11.6. The molecule has 0 radical (unpaired) electrons. The topological polar surface area (TPSA) is 106 Å². The van der Waals surface area contributed by atoms with E-state index in [1.807, 2.05) is 6.20 Å². The number of nitrogens with zero attached hydrogens (tertiary/aromatic N) is 7. The molecule has 0 aromatic carbocycles. The highest BCUT2D eigenvalue weighted by molar-refractivity contribution is 5.65. The Morgan fingerprint density at radius 3 is 2.82 bits per heavy atom. The third-order valence-corrected chi connectivity index (χ3v) is 7.14. The zero-order chi connectivity index (χ0) is 23.3. The fraction of sp³-hybridized carbons (Fsp3) is 0.400. The molecule has 9 heteroatoms. The molecule has 4 heterocycles. The van der Waals surface area contributed by atoms with Gasteiger partial charge in [-0.1, -0.05) is 18.2 Å². The van der Waals surface area contributed by atoms with Gasteiger partial charge in [-0.15, -0.1) is 5.10 Å². The van der Waals surface area contributed by atoms with Crippen molar-refractivity contribution in [2.45, 2.75) is 39.3 Å². The van der Waals surface area contributed by atoms with Gasteiger partial charge < -0.3 is 14.5 Å². The Bertz CT molecular complexity index is 1410. The number of pyridine rings is 2. The number of fused-ring (bicyclic) bond motifs is 1. The molecule has 3 aliphatic rings. The number of aromatic nitrogens is 6. The summed E-state index contributed by atoms with van der Waals surface area (Å²) in [5.41, 5.74) is 5.69. The smallest absolute Gasteiger partial charge is 0.150 e. The first kappa shape index (κ1) is 20.8. The quantitative estimate of drug-likeness (QED) is 0.436. The first-order chi connectivity index (χ1) is 16.5. The Balaban J connectivity index is 1.14. The normalized spacial score (nSPS) is 22.7. The standard InChI is InChI=1S/C25H26N8O/c1-24-13-25(14-24,15-24)16-27-7-17-3-4-23-29-18(10-32(23)9-17)11-33-12-22(30-31-33)20-5-19(34-2)8-28-21(20)6-26/h3-5,8-10,12,27H,7,11,13-16H2,1-2H3. The maximum absolute atomic E-state index is 9.38. The summed E-state index contributed by atoms with van der Waals surface area (Å²) < 4.78 is 9.01. The highest BCUT2D eigenvalue weighted by Crippen LogP contribution is 2.72. The Kier molecular flexibility index (Phi) is 4.67. The number of methoxy groups -OCH3 is 1. The highest BCUT2D eigenvalue weighted by Gasteiger charge is 2.64. The van der Waals surface area contributed by atoms with E-state index in [1.165, 1.54) is 31.0 Å². The van der Waals surface area contributed by atoms with Crippen LogP contribution in [0.25, 0.3) is 16.9 Å². The van der Waals surface area contributed by atoms with Crippen molar-refractivity contribution in [3.8, 4) is 23.1 Å². The molecule has 4 aromatic heterocycles. The van der Waals surface area contributed by atoms with E-state index in [4.69, 9.17) is 9.72 Å². The average molecular weight is 455 g/mol. The van der Waals surface area contributed by atoms with Crippen molar-refractivity contribution < 1.29 is 4.74 Å². The summed E-state index contributed by atoms with van der Waals surface area (Å²) in [5, 5.41) is 21.5. The van der Waals surface area contributed by atoms with Gasteiger partial charge >= 0.3 is 0 Å². The summed E-state index contributed by atoms with van der Waals surface area (Å²) in [4.78, 5) is 8.86. The molecule has 34 heavy (non-hydrogen) atoms. The molecule has 0 aliphatic heterocycles. The maximum atomic E-state index is 9.38. The van der Waals surface area contributed by atoms with E-state index in [9.17, 15) is 5.26 Å². The van der Waals surface area contributed by atoms with Crippen LogP contribution in [0.15, 0.2) is 43.0 Å². The first-order valence-corrected chi connectivity index (χ1v) is 11.5. The second-order valence-corrected chi connectivity index (χ2v) is 10.2. The molecule has 3 aliphatic carbocycles. The van der Waals surface area contributed by atoms with Crippen molar-refractivity contribution in [3.05, 3.63) is 59.9 Å². The number of ether oxygens (including phenoxy) is 1. The lowest BCUT2D eigenvalue weighted by Gasteiger charge is -2.70. The van der Waals surface area contributed by atoms with Gasteiger partial charge in [0.15, 0.2) is 0 Å². The van der Waals surface area contributed by atoms with Crippen LogP contribution >= 0.6 is 0 Å². The molecular formula is C25H26N8O. The number of rotatable bonds is 8. The van der Waals surface area contributed by atoms with E-state index in [-0.39, 0.29) is 5.69 Å². The predicted octanol–water partition coefficient (Wildman–Crippen LogP) is 3.20. The molecule has 3 saturated carbocycles. The Morgan fingerprint density at radius 2 is 2.06 bits per heavy atom. The molecule has 4 aromatic rings. The van der Waals surface area contributed by atoms with Crippen LogP contribution in [0.5, 0.6) is 5.75 Å². The van der Waals surface area contributed by atoms with Crippen LogP contribution in [0.1, 0.15) is 43.1 Å². The summed E-state index contributed by atoms with van der Waals surface area (Å²) >= 11 is 0. The number of hydrogen-bond acceptors (Lipinski definition) is 7. The molecule has 1 N–H and O–H groups in total. The number of imidazole rings is 1. The lowest BCUT2D eigenvalue weighted by atomic mass is 9.36. The van der Waals surface area contributed by atoms with Gasteiger partial charge in [0.25, 0.3) is 0 Å². The third-order valence-electron chi connectivity index (χ3n) is 7.14. The van der Waals surface area contributed by atoms with Gasteiger partial charge in [-0.05, 0) is 47.8 Å². The monoisotopic (exact) mass is 454 g/mol. The third kappa shape index (κ3) is 3.60. The number of nitrogens with one attached hydrogen (secondary N) is 1. The molecule has 2 bridgehead atoms. The Labute approximate surface area is 197 Å². The molecule has 0 spiro atoms. The van der Waals surface area contributed by atoms with E-state index in [0.29, 0.717) is 34.4 Å². The molecule has 0 unspecified atom stereocenters. The summed E-state index contributed by atoms with van der Waals surface area (Å²) in [6, 6.07) is 8.03. The van der Waals surface area contributed by atoms with Crippen molar-refractivity contribution in [1.29, 1.82) is 5.26 Å². The van der Waals surface area contributed by atoms with Crippen LogP contribution in [-0.2, 0) is 13.1 Å².